The van der Waals surface area contributed by atoms with Crippen LogP contribution in [-0.2, 0) is 4.74 Å². The molecule has 0 aliphatic carbocycles. The Morgan fingerprint density at radius 2 is 2.00 bits per heavy atom. The van der Waals surface area contributed by atoms with Crippen LogP contribution < -0.4 is 0 Å². The smallest absolute Gasteiger partial charge is 0.257 e. The first-order valence-electron chi connectivity index (χ1n) is 7.14. The Kier molecular flexibility index (Phi) is 6.52. The largest absolute Gasteiger partial charge is 0.507 e. The molecule has 0 aliphatic heterocycles. The number of hydrogen-bond acceptors (Lipinski definition) is 3. The maximum Gasteiger partial charge on any atom is 0.257 e. The molecule has 0 atom stereocenters. The number of carbonyl (C=O) groups is 1. The molecule has 0 saturated heterocycles. The molecule has 0 fully saturated rings. The van der Waals surface area contributed by atoms with Crippen molar-refractivity contribution in [1.29, 1.82) is 0 Å². The summed E-state index contributed by atoms with van der Waals surface area (Å²) in [5.74, 6) is -0.0917. The summed E-state index contributed by atoms with van der Waals surface area (Å²) < 4.78 is 5.10. The predicted octanol–water partition coefficient (Wildman–Crippen LogP) is 2.98. The van der Waals surface area contributed by atoms with E-state index in [0.29, 0.717) is 18.7 Å². The van der Waals surface area contributed by atoms with Gasteiger partial charge >= 0.3 is 0 Å². The van der Waals surface area contributed by atoms with Crippen molar-refractivity contribution < 1.29 is 14.6 Å². The van der Waals surface area contributed by atoms with E-state index in [1.165, 1.54) is 0 Å². The highest BCUT2D eigenvalue weighted by Gasteiger charge is 2.24. The lowest BCUT2D eigenvalue weighted by molar-refractivity contribution is 0.0586. The Morgan fingerprint density at radius 3 is 2.55 bits per heavy atom. The van der Waals surface area contributed by atoms with Crippen LogP contribution in [0, 0.1) is 6.92 Å². The van der Waals surface area contributed by atoms with Gasteiger partial charge in [-0.25, -0.2) is 0 Å². The van der Waals surface area contributed by atoms with Crippen molar-refractivity contribution in [3.63, 3.8) is 0 Å². The summed E-state index contributed by atoms with van der Waals surface area (Å²) in [5, 5.41) is 9.93. The Balaban J connectivity index is 3.05. The number of hydrogen-bond donors (Lipinski definition) is 1. The fourth-order valence-corrected chi connectivity index (χ4v) is 2.34. The lowest BCUT2D eigenvalue weighted by Crippen LogP contribution is -2.41. The van der Waals surface area contributed by atoms with Gasteiger partial charge in [0.25, 0.3) is 5.91 Å². The number of phenolic OH excluding ortho intramolecular Hbond substituents is 1. The van der Waals surface area contributed by atoms with Gasteiger partial charge < -0.3 is 14.7 Å². The minimum atomic E-state index is -0.128. The molecule has 1 amide bonds. The van der Waals surface area contributed by atoms with Crippen molar-refractivity contribution in [1.82, 2.24) is 4.90 Å². The monoisotopic (exact) mass is 279 g/mol. The number of carbonyl (C=O) groups excluding carboxylic acids is 1. The molecule has 4 nitrogen and oxygen atoms in total. The van der Waals surface area contributed by atoms with Crippen LogP contribution in [0.3, 0.4) is 0 Å². The van der Waals surface area contributed by atoms with Gasteiger partial charge in [0.05, 0.1) is 12.2 Å². The number of aromatic hydroxyl groups is 1. The highest BCUT2D eigenvalue weighted by molar-refractivity contribution is 5.97. The van der Waals surface area contributed by atoms with Crippen molar-refractivity contribution in [2.24, 2.45) is 0 Å². The third-order valence-corrected chi connectivity index (χ3v) is 3.56. The molecule has 4 heteroatoms. The number of amides is 1. The molecule has 20 heavy (non-hydrogen) atoms. The van der Waals surface area contributed by atoms with Crippen molar-refractivity contribution in [3.05, 3.63) is 29.3 Å². The van der Waals surface area contributed by atoms with E-state index in [2.05, 4.69) is 13.8 Å². The highest BCUT2D eigenvalue weighted by Crippen LogP contribution is 2.22. The summed E-state index contributed by atoms with van der Waals surface area (Å²) in [6.07, 6.45) is 1.77. The first-order chi connectivity index (χ1) is 9.54. The molecule has 1 aromatic rings. The van der Waals surface area contributed by atoms with E-state index < -0.39 is 0 Å². The first kappa shape index (κ1) is 16.5. The number of aryl methyl sites for hydroxylation is 1. The van der Waals surface area contributed by atoms with E-state index in [0.717, 1.165) is 18.4 Å². The second-order valence-corrected chi connectivity index (χ2v) is 4.98. The molecule has 112 valence electrons. The zero-order chi connectivity index (χ0) is 15.1. The molecule has 0 unspecified atom stereocenters. The third-order valence-electron chi connectivity index (χ3n) is 3.56. The average molecular weight is 279 g/mol. The Hall–Kier alpha value is -1.55. The van der Waals surface area contributed by atoms with E-state index >= 15 is 0 Å². The van der Waals surface area contributed by atoms with Gasteiger partial charge in [-0.05, 0) is 31.9 Å². The first-order valence-corrected chi connectivity index (χ1v) is 7.14. The van der Waals surface area contributed by atoms with Crippen LogP contribution in [0.5, 0.6) is 5.75 Å². The lowest BCUT2D eigenvalue weighted by Gasteiger charge is -2.30. The molecule has 0 saturated carbocycles. The molecule has 0 aliphatic rings. The number of nitrogens with zero attached hydrogens (tertiary/aromatic N) is 1. The molecule has 1 rings (SSSR count). The fraction of sp³-hybridized carbons (Fsp3) is 0.562. The Labute approximate surface area is 121 Å². The zero-order valence-electron chi connectivity index (χ0n) is 12.8. The zero-order valence-corrected chi connectivity index (χ0v) is 12.8. The second-order valence-electron chi connectivity index (χ2n) is 4.98. The predicted molar refractivity (Wildman–Crippen MR) is 80.1 cm³/mol. The van der Waals surface area contributed by atoms with Crippen LogP contribution >= 0.6 is 0 Å². The highest BCUT2D eigenvalue weighted by atomic mass is 16.5. The molecule has 1 N–H and O–H groups in total. The van der Waals surface area contributed by atoms with Crippen LogP contribution in [0.1, 0.15) is 42.6 Å². The lowest BCUT2D eigenvalue weighted by atomic mass is 10.1. The fourth-order valence-electron chi connectivity index (χ4n) is 2.34. The Bertz CT molecular complexity index is 441. The topological polar surface area (TPSA) is 49.8 Å². The summed E-state index contributed by atoms with van der Waals surface area (Å²) in [5.41, 5.74) is 1.33. The Morgan fingerprint density at radius 1 is 1.35 bits per heavy atom. The van der Waals surface area contributed by atoms with Gasteiger partial charge in [0.1, 0.15) is 5.75 Å². The van der Waals surface area contributed by atoms with E-state index in [1.807, 2.05) is 6.92 Å². The summed E-state index contributed by atoms with van der Waals surface area (Å²) in [7, 11) is 1.62. The standard InChI is InChI=1S/C16H25NO3/c1-5-13(6-2)17(9-10-20-4)16(19)14-11-12(3)7-8-15(14)18/h7-8,11,13,18H,5-6,9-10H2,1-4H3. The number of benzene rings is 1. The normalized spacial score (nSPS) is 10.8. The number of ether oxygens (including phenoxy) is 1. The molecule has 0 radical (unpaired) electrons. The maximum absolute atomic E-state index is 12.7. The van der Waals surface area contributed by atoms with Crippen molar-refractivity contribution in [2.45, 2.75) is 39.7 Å². The molecular weight excluding hydrogens is 254 g/mol. The SMILES string of the molecule is CCC(CC)N(CCOC)C(=O)c1cc(C)ccc1O. The molecular formula is C16H25NO3. The summed E-state index contributed by atoms with van der Waals surface area (Å²) in [6, 6.07) is 5.27. The van der Waals surface area contributed by atoms with Crippen molar-refractivity contribution in [3.8, 4) is 5.75 Å². The van der Waals surface area contributed by atoms with Gasteiger partial charge in [0.15, 0.2) is 0 Å². The summed E-state index contributed by atoms with van der Waals surface area (Å²) in [4.78, 5) is 14.5. The van der Waals surface area contributed by atoms with Crippen LogP contribution in [0.4, 0.5) is 0 Å². The van der Waals surface area contributed by atoms with Gasteiger partial charge in [0.2, 0.25) is 0 Å². The van der Waals surface area contributed by atoms with Gasteiger partial charge in [-0.1, -0.05) is 25.5 Å². The van der Waals surface area contributed by atoms with Crippen LogP contribution in [-0.4, -0.2) is 42.2 Å². The van der Waals surface area contributed by atoms with E-state index in [1.54, 1.807) is 30.2 Å². The van der Waals surface area contributed by atoms with E-state index in [-0.39, 0.29) is 17.7 Å². The second kappa shape index (κ2) is 7.90. The third kappa shape index (κ3) is 3.97. The molecule has 0 spiro atoms. The minimum Gasteiger partial charge on any atom is -0.507 e. The minimum absolute atomic E-state index is 0.0361. The summed E-state index contributed by atoms with van der Waals surface area (Å²) in [6.45, 7) is 7.07. The molecule has 1 aromatic carbocycles. The molecule has 0 bridgehead atoms. The van der Waals surface area contributed by atoms with Gasteiger partial charge in [0, 0.05) is 19.7 Å². The average Bonchev–Trinajstić information content (AvgIpc) is 2.45. The summed E-state index contributed by atoms with van der Waals surface area (Å²) >= 11 is 0. The van der Waals surface area contributed by atoms with Gasteiger partial charge in [-0.15, -0.1) is 0 Å². The van der Waals surface area contributed by atoms with Crippen LogP contribution in [0.15, 0.2) is 18.2 Å². The van der Waals surface area contributed by atoms with Crippen LogP contribution in [0.2, 0.25) is 0 Å². The van der Waals surface area contributed by atoms with Crippen LogP contribution in [0.25, 0.3) is 0 Å². The number of rotatable bonds is 7. The van der Waals surface area contributed by atoms with Crippen molar-refractivity contribution >= 4 is 5.91 Å². The van der Waals surface area contributed by atoms with E-state index in [4.69, 9.17) is 4.74 Å². The molecule has 0 aromatic heterocycles. The van der Waals surface area contributed by atoms with Gasteiger partial charge in [-0.2, -0.15) is 0 Å². The van der Waals surface area contributed by atoms with E-state index in [9.17, 15) is 9.90 Å². The number of phenols is 1. The quantitative estimate of drug-likeness (QED) is 0.834. The number of methoxy groups -OCH3 is 1. The van der Waals surface area contributed by atoms with Gasteiger partial charge in [-0.3, -0.25) is 4.79 Å². The molecule has 0 heterocycles. The maximum atomic E-state index is 12.7. The van der Waals surface area contributed by atoms with Crippen molar-refractivity contribution in [2.75, 3.05) is 20.3 Å².